The van der Waals surface area contributed by atoms with Gasteiger partial charge in [0.1, 0.15) is 5.82 Å². The van der Waals surface area contributed by atoms with Crippen molar-refractivity contribution < 1.29 is 28.2 Å². The monoisotopic (exact) mass is 392 g/mol. The van der Waals surface area contributed by atoms with E-state index in [1.807, 2.05) is 0 Å². The molecule has 0 bridgehead atoms. The van der Waals surface area contributed by atoms with E-state index in [0.29, 0.717) is 19.6 Å². The minimum absolute atomic E-state index is 0.0743. The summed E-state index contributed by atoms with van der Waals surface area (Å²) < 4.78 is 25.0. The number of nitrogens with zero attached hydrogens (tertiary/aromatic N) is 2. The Morgan fingerprint density at radius 1 is 1.39 bits per heavy atom. The Hall–Kier alpha value is -2.32. The Labute approximate surface area is 163 Å². The zero-order valence-corrected chi connectivity index (χ0v) is 16.2. The van der Waals surface area contributed by atoms with Crippen molar-refractivity contribution in [3.05, 3.63) is 35.6 Å². The topological polar surface area (TPSA) is 76.2 Å². The summed E-state index contributed by atoms with van der Waals surface area (Å²) >= 11 is 0. The van der Waals surface area contributed by atoms with Gasteiger partial charge in [-0.2, -0.15) is 0 Å². The zero-order chi connectivity index (χ0) is 20.3. The number of hydrogen-bond donors (Lipinski definition) is 0. The average molecular weight is 392 g/mol. The van der Waals surface area contributed by atoms with Crippen molar-refractivity contribution in [1.82, 2.24) is 9.80 Å². The predicted molar refractivity (Wildman–Crippen MR) is 97.9 cm³/mol. The summed E-state index contributed by atoms with van der Waals surface area (Å²) in [6, 6.07) is 5.76. The first-order chi connectivity index (χ1) is 13.4. The SMILES string of the molecule is COCCN1C(=O)C[C@@](CC(=O)N(C)[C@H]2CCOC2)(c2ccccc2F)C1=O. The molecule has 2 fully saturated rings. The molecule has 0 N–H and O–H groups in total. The van der Waals surface area contributed by atoms with Crippen molar-refractivity contribution >= 4 is 17.7 Å². The molecule has 152 valence electrons. The highest BCUT2D eigenvalue weighted by molar-refractivity contribution is 6.10. The van der Waals surface area contributed by atoms with Crippen LogP contribution in [0.2, 0.25) is 0 Å². The molecule has 28 heavy (non-hydrogen) atoms. The van der Waals surface area contributed by atoms with Crippen LogP contribution < -0.4 is 0 Å². The smallest absolute Gasteiger partial charge is 0.241 e. The Kier molecular flexibility index (Phi) is 6.10. The maximum atomic E-state index is 14.7. The summed E-state index contributed by atoms with van der Waals surface area (Å²) in [5.41, 5.74) is -1.46. The molecule has 3 amide bonds. The third-order valence-electron chi connectivity index (χ3n) is 5.62. The van der Waals surface area contributed by atoms with E-state index in [2.05, 4.69) is 0 Å². The second-order valence-electron chi connectivity index (χ2n) is 7.28. The summed E-state index contributed by atoms with van der Waals surface area (Å²) in [4.78, 5) is 41.5. The van der Waals surface area contributed by atoms with Crippen LogP contribution in [0.1, 0.15) is 24.8 Å². The van der Waals surface area contributed by atoms with Crippen LogP contribution in [0.4, 0.5) is 4.39 Å². The highest BCUT2D eigenvalue weighted by Crippen LogP contribution is 2.41. The number of ether oxygens (including phenoxy) is 2. The molecule has 7 nitrogen and oxygen atoms in total. The average Bonchev–Trinajstić information content (AvgIpc) is 3.28. The van der Waals surface area contributed by atoms with Crippen LogP contribution in [0, 0.1) is 5.82 Å². The molecule has 2 atom stereocenters. The minimum Gasteiger partial charge on any atom is -0.383 e. The molecule has 2 heterocycles. The lowest BCUT2D eigenvalue weighted by molar-refractivity contribution is -0.143. The van der Waals surface area contributed by atoms with Crippen LogP contribution in [0.3, 0.4) is 0 Å². The van der Waals surface area contributed by atoms with Gasteiger partial charge in [-0.3, -0.25) is 19.3 Å². The van der Waals surface area contributed by atoms with Gasteiger partial charge in [0, 0.05) is 39.2 Å². The van der Waals surface area contributed by atoms with Crippen molar-refractivity contribution in [3.63, 3.8) is 0 Å². The number of imide groups is 1. The summed E-state index contributed by atoms with van der Waals surface area (Å²) in [5.74, 6) is -1.89. The van der Waals surface area contributed by atoms with Gasteiger partial charge in [0.25, 0.3) is 0 Å². The van der Waals surface area contributed by atoms with Crippen molar-refractivity contribution in [1.29, 1.82) is 0 Å². The summed E-state index contributed by atoms with van der Waals surface area (Å²) in [7, 11) is 3.12. The van der Waals surface area contributed by atoms with Crippen molar-refractivity contribution in [2.75, 3.05) is 40.5 Å². The summed E-state index contributed by atoms with van der Waals surface area (Å²) in [6.07, 6.45) is 0.202. The van der Waals surface area contributed by atoms with Crippen LogP contribution in [-0.4, -0.2) is 74.1 Å². The number of likely N-dealkylation sites (N-methyl/N-ethyl adjacent to an activating group) is 1. The second-order valence-corrected chi connectivity index (χ2v) is 7.28. The van der Waals surface area contributed by atoms with E-state index >= 15 is 0 Å². The molecule has 8 heteroatoms. The molecule has 3 rings (SSSR count). The molecule has 1 aromatic rings. The number of benzene rings is 1. The molecule has 0 saturated carbocycles. The first-order valence-electron chi connectivity index (χ1n) is 9.33. The van der Waals surface area contributed by atoms with E-state index in [1.54, 1.807) is 18.0 Å². The van der Waals surface area contributed by atoms with E-state index in [0.717, 1.165) is 4.90 Å². The maximum absolute atomic E-state index is 14.7. The molecular weight excluding hydrogens is 367 g/mol. The standard InChI is InChI=1S/C20H25FN2O5/c1-22(14-7-9-28-13-14)17(24)11-20(15-5-3-4-6-16(15)21)12-18(25)23(19(20)26)8-10-27-2/h3-6,14H,7-13H2,1-2H3/t14-,20-/m0/s1. The van der Waals surface area contributed by atoms with Crippen LogP contribution in [-0.2, 0) is 29.3 Å². The molecule has 0 unspecified atom stereocenters. The molecule has 2 saturated heterocycles. The number of likely N-dealkylation sites (tertiary alicyclic amines) is 1. The van der Waals surface area contributed by atoms with Crippen molar-refractivity contribution in [3.8, 4) is 0 Å². The molecule has 0 aromatic heterocycles. The van der Waals surface area contributed by atoms with E-state index in [-0.39, 0.29) is 43.5 Å². The summed E-state index contributed by atoms with van der Waals surface area (Å²) in [6.45, 7) is 1.26. The first kappa shape index (κ1) is 20.4. The quantitative estimate of drug-likeness (QED) is 0.650. The Balaban J connectivity index is 1.94. The highest BCUT2D eigenvalue weighted by Gasteiger charge is 2.55. The van der Waals surface area contributed by atoms with Gasteiger partial charge in [-0.15, -0.1) is 0 Å². The second kappa shape index (κ2) is 8.36. The van der Waals surface area contributed by atoms with Gasteiger partial charge < -0.3 is 14.4 Å². The molecule has 1 aromatic carbocycles. The molecule has 2 aliphatic rings. The van der Waals surface area contributed by atoms with Crippen LogP contribution in [0.5, 0.6) is 0 Å². The number of amides is 3. The molecule has 2 aliphatic heterocycles. The predicted octanol–water partition coefficient (Wildman–Crippen LogP) is 1.11. The minimum atomic E-state index is -1.54. The largest absolute Gasteiger partial charge is 0.383 e. The summed E-state index contributed by atoms with van der Waals surface area (Å²) in [5, 5.41) is 0. The Morgan fingerprint density at radius 3 is 2.79 bits per heavy atom. The van der Waals surface area contributed by atoms with Gasteiger partial charge in [-0.25, -0.2) is 4.39 Å². The van der Waals surface area contributed by atoms with E-state index in [1.165, 1.54) is 25.3 Å². The molecule has 0 spiro atoms. The van der Waals surface area contributed by atoms with Gasteiger partial charge in [-0.05, 0) is 12.5 Å². The number of hydrogen-bond acceptors (Lipinski definition) is 5. The lowest BCUT2D eigenvalue weighted by atomic mass is 9.75. The highest BCUT2D eigenvalue weighted by atomic mass is 19.1. The van der Waals surface area contributed by atoms with E-state index < -0.39 is 23.0 Å². The van der Waals surface area contributed by atoms with Gasteiger partial charge in [-0.1, -0.05) is 18.2 Å². The number of carbonyl (C=O) groups excluding carboxylic acids is 3. The van der Waals surface area contributed by atoms with Crippen molar-refractivity contribution in [2.24, 2.45) is 0 Å². The third-order valence-corrected chi connectivity index (χ3v) is 5.62. The fourth-order valence-electron chi connectivity index (χ4n) is 3.92. The van der Waals surface area contributed by atoms with Gasteiger partial charge >= 0.3 is 0 Å². The number of halogens is 1. The van der Waals surface area contributed by atoms with Gasteiger partial charge in [0.05, 0.1) is 31.2 Å². The van der Waals surface area contributed by atoms with E-state index in [4.69, 9.17) is 9.47 Å². The maximum Gasteiger partial charge on any atom is 0.241 e. The van der Waals surface area contributed by atoms with Crippen molar-refractivity contribution in [2.45, 2.75) is 30.7 Å². The van der Waals surface area contributed by atoms with Gasteiger partial charge in [0.2, 0.25) is 17.7 Å². The normalized spacial score (nSPS) is 24.8. The molecule has 0 radical (unpaired) electrons. The van der Waals surface area contributed by atoms with E-state index in [9.17, 15) is 18.8 Å². The van der Waals surface area contributed by atoms with Crippen LogP contribution in [0.25, 0.3) is 0 Å². The fraction of sp³-hybridized carbons (Fsp3) is 0.550. The van der Waals surface area contributed by atoms with Crippen LogP contribution in [0.15, 0.2) is 24.3 Å². The van der Waals surface area contributed by atoms with Gasteiger partial charge in [0.15, 0.2) is 0 Å². The molecule has 0 aliphatic carbocycles. The Morgan fingerprint density at radius 2 is 2.14 bits per heavy atom. The number of methoxy groups -OCH3 is 1. The Bertz CT molecular complexity index is 765. The van der Waals surface area contributed by atoms with Crippen LogP contribution >= 0.6 is 0 Å². The lowest BCUT2D eigenvalue weighted by Crippen LogP contribution is -2.46. The number of rotatable bonds is 7. The zero-order valence-electron chi connectivity index (χ0n) is 16.2. The molecular formula is C20H25FN2O5. The number of carbonyl (C=O) groups is 3. The lowest BCUT2D eigenvalue weighted by Gasteiger charge is -2.31. The first-order valence-corrected chi connectivity index (χ1v) is 9.33. The fourth-order valence-corrected chi connectivity index (χ4v) is 3.92. The third kappa shape index (κ3) is 3.66.